The van der Waals surface area contributed by atoms with Crippen LogP contribution in [0.15, 0.2) is 341 Å². The molecule has 450 valence electrons. The van der Waals surface area contributed by atoms with Gasteiger partial charge in [-0.2, -0.15) is 0 Å². The first-order chi connectivity index (χ1) is 46.8. The number of hydrogen-bond acceptors (Lipinski definition) is 3. The summed E-state index contributed by atoms with van der Waals surface area (Å²) in [7, 11) is 0. The number of para-hydroxylation sites is 2. The Morgan fingerprint density at radius 2 is 0.579 bits per heavy atom. The Balaban J connectivity index is 0.788. The summed E-state index contributed by atoms with van der Waals surface area (Å²) in [5.74, 6) is -0.553. The highest BCUT2D eigenvalue weighted by Gasteiger charge is 2.48. The zero-order chi connectivity index (χ0) is 63.8. The molecule has 0 amide bonds. The summed E-state index contributed by atoms with van der Waals surface area (Å²) in [6.45, 7) is 7.93. The second kappa shape index (κ2) is 23.1. The van der Waals surface area contributed by atoms with Crippen LogP contribution in [0, 0.1) is 11.6 Å². The molecule has 0 saturated carbocycles. The molecule has 0 radical (unpaired) electrons. The van der Waals surface area contributed by atoms with Crippen molar-refractivity contribution in [3.05, 3.63) is 408 Å². The van der Waals surface area contributed by atoms with Crippen molar-refractivity contribution in [1.29, 1.82) is 0 Å². The van der Waals surface area contributed by atoms with Gasteiger partial charge in [-0.25, -0.2) is 8.78 Å². The van der Waals surface area contributed by atoms with E-state index in [-0.39, 0.29) is 11.6 Å². The maximum atomic E-state index is 15.2. The van der Waals surface area contributed by atoms with Crippen LogP contribution in [0.25, 0.3) is 76.8 Å². The average Bonchev–Trinajstić information content (AvgIpc) is 1.34. The maximum absolute atomic E-state index is 15.2. The number of nitrogens with zero attached hydrogens (tertiary/aromatic N) is 2. The number of anilines is 6. The SMILES string of the molecule is C=Cc1ccc(-c2ccc(C3(c4ccc(F)cc4)c4ccccc4-c4ccc(N(c5ccccc5)c5ccc6c(c5)sc5cc(N(c7ccccc7)c7ccc8c(c7)C(c7ccc(F)cc7)(c7ccc(-c9ccc(C=C)cc9)cc7)c7ccccc7-8)ccc56)cc43)cc2)cc1. The quantitative estimate of drug-likeness (QED) is 0.107. The van der Waals surface area contributed by atoms with Crippen LogP contribution in [0.3, 0.4) is 0 Å². The van der Waals surface area contributed by atoms with Crippen molar-refractivity contribution in [2.24, 2.45) is 0 Å². The summed E-state index contributed by atoms with van der Waals surface area (Å²) >= 11 is 1.80. The summed E-state index contributed by atoms with van der Waals surface area (Å²) in [4.78, 5) is 4.74. The van der Waals surface area contributed by atoms with Crippen molar-refractivity contribution in [3.63, 3.8) is 0 Å². The molecule has 0 fully saturated rings. The van der Waals surface area contributed by atoms with E-state index in [1.807, 2.05) is 36.4 Å². The van der Waals surface area contributed by atoms with E-state index in [1.165, 1.54) is 10.8 Å². The highest BCUT2D eigenvalue weighted by Crippen LogP contribution is 2.60. The molecule has 2 unspecified atom stereocenters. The minimum absolute atomic E-state index is 0.277. The third-order valence-electron chi connectivity index (χ3n) is 19.7. The Morgan fingerprint density at radius 3 is 0.947 bits per heavy atom. The van der Waals surface area contributed by atoms with Gasteiger partial charge >= 0.3 is 0 Å². The van der Waals surface area contributed by atoms with E-state index in [0.29, 0.717) is 0 Å². The number of halogens is 2. The number of thiophene rings is 1. The predicted octanol–water partition coefficient (Wildman–Crippen LogP) is 24.6. The standard InChI is InChI=1S/C90H60F2N2S/c1-3-59-23-27-61(28-24-59)63-31-35-65(36-32-63)89(67-39-43-69(91)44-40-67)83-21-13-11-19-77(83)79-51-47-73(55-85(79)89)93(71-15-7-5-8-16-71)75-49-53-81-82-54-50-76(58-88(82)95-87(81)57-75)94(72-17-9-6-10-18-72)74-48-52-80-78-20-12-14-22-84(78)90(86(80)56-74,68-41-45-70(92)46-42-68)66-37-33-64(34-38-66)62-29-25-60(4-2)26-30-62/h3-58H,1-2H2. The van der Waals surface area contributed by atoms with E-state index < -0.39 is 10.8 Å². The highest BCUT2D eigenvalue weighted by molar-refractivity contribution is 7.25. The van der Waals surface area contributed by atoms with Crippen LogP contribution in [0.4, 0.5) is 42.9 Å². The first-order valence-corrected chi connectivity index (χ1v) is 32.9. The molecule has 2 aliphatic carbocycles. The van der Waals surface area contributed by atoms with E-state index in [0.717, 1.165) is 144 Å². The predicted molar refractivity (Wildman–Crippen MR) is 394 cm³/mol. The lowest BCUT2D eigenvalue weighted by molar-refractivity contribution is 0.624. The first kappa shape index (κ1) is 57.2. The molecule has 0 saturated heterocycles. The third kappa shape index (κ3) is 9.33. The lowest BCUT2D eigenvalue weighted by atomic mass is 9.67. The molecule has 0 aliphatic heterocycles. The molecule has 0 spiro atoms. The second-order valence-corrected chi connectivity index (χ2v) is 25.8. The maximum Gasteiger partial charge on any atom is 0.123 e. The van der Waals surface area contributed by atoms with Gasteiger partial charge in [-0.05, 0) is 197 Å². The van der Waals surface area contributed by atoms with Crippen molar-refractivity contribution in [3.8, 4) is 44.5 Å². The summed E-state index contributed by atoms with van der Waals surface area (Å²) in [5, 5.41) is 2.36. The van der Waals surface area contributed by atoms with Gasteiger partial charge in [0.25, 0.3) is 0 Å². The molecule has 5 heteroatoms. The monoisotopic (exact) mass is 1240 g/mol. The van der Waals surface area contributed by atoms with Crippen molar-refractivity contribution < 1.29 is 8.78 Å². The number of benzene rings is 14. The van der Waals surface area contributed by atoms with Crippen molar-refractivity contribution >= 4 is 77.8 Å². The van der Waals surface area contributed by atoms with Gasteiger partial charge in [-0.15, -0.1) is 11.3 Å². The lowest BCUT2D eigenvalue weighted by Crippen LogP contribution is -2.29. The molecule has 14 aromatic carbocycles. The summed E-state index contributed by atoms with van der Waals surface area (Å²) in [6, 6.07) is 115. The normalized spacial score (nSPS) is 15.0. The van der Waals surface area contributed by atoms with E-state index in [4.69, 9.17) is 0 Å². The van der Waals surface area contributed by atoms with Gasteiger partial charge in [0, 0.05) is 54.3 Å². The molecule has 0 N–H and O–H groups in total. The molecule has 95 heavy (non-hydrogen) atoms. The van der Waals surface area contributed by atoms with E-state index >= 15 is 8.78 Å². The molecular weight excluding hydrogens is 1180 g/mol. The summed E-state index contributed by atoms with van der Waals surface area (Å²) < 4.78 is 32.6. The largest absolute Gasteiger partial charge is 0.310 e. The van der Waals surface area contributed by atoms with Crippen LogP contribution in [-0.4, -0.2) is 0 Å². The van der Waals surface area contributed by atoms with Gasteiger partial charge < -0.3 is 9.80 Å². The van der Waals surface area contributed by atoms with Gasteiger partial charge in [0.2, 0.25) is 0 Å². The summed E-state index contributed by atoms with van der Waals surface area (Å²) in [6.07, 6.45) is 3.73. The molecule has 15 aromatic rings. The van der Waals surface area contributed by atoms with Crippen molar-refractivity contribution in [2.75, 3.05) is 9.80 Å². The third-order valence-corrected chi connectivity index (χ3v) is 20.8. The number of hydrogen-bond donors (Lipinski definition) is 0. The van der Waals surface area contributed by atoms with E-state index in [2.05, 4.69) is 302 Å². The minimum atomic E-state index is -0.785. The van der Waals surface area contributed by atoms with Gasteiger partial charge in [-0.1, -0.05) is 256 Å². The van der Waals surface area contributed by atoms with Crippen LogP contribution in [-0.2, 0) is 10.8 Å². The lowest BCUT2D eigenvalue weighted by Gasteiger charge is -2.35. The van der Waals surface area contributed by atoms with Crippen LogP contribution in [0.1, 0.15) is 55.6 Å². The molecule has 2 atom stereocenters. The highest BCUT2D eigenvalue weighted by atomic mass is 32.1. The molecule has 2 nitrogen and oxygen atoms in total. The Hall–Kier alpha value is -11.8. The molecule has 0 bridgehead atoms. The first-order valence-electron chi connectivity index (χ1n) is 32.1. The Labute approximate surface area is 556 Å². The molecule has 17 rings (SSSR count). The van der Waals surface area contributed by atoms with Gasteiger partial charge in [0.1, 0.15) is 11.6 Å². The van der Waals surface area contributed by atoms with E-state index in [9.17, 15) is 0 Å². The molecule has 1 heterocycles. The van der Waals surface area contributed by atoms with Crippen molar-refractivity contribution in [2.45, 2.75) is 10.8 Å². The fourth-order valence-corrected chi connectivity index (χ4v) is 16.5. The fraction of sp³-hybridized carbons (Fsp3) is 0.0222. The van der Waals surface area contributed by atoms with Crippen LogP contribution < -0.4 is 9.80 Å². The van der Waals surface area contributed by atoms with Gasteiger partial charge in [0.15, 0.2) is 0 Å². The number of rotatable bonds is 14. The Kier molecular flexibility index (Phi) is 13.9. The fourth-order valence-electron chi connectivity index (χ4n) is 15.3. The number of fused-ring (bicyclic) bond motifs is 9. The molecular formula is C90H60F2N2S. The summed E-state index contributed by atoms with van der Waals surface area (Å²) in [5.41, 5.74) is 24.4. The molecule has 2 aliphatic rings. The molecule has 1 aromatic heterocycles. The zero-order valence-corrected chi connectivity index (χ0v) is 52.6. The van der Waals surface area contributed by atoms with Gasteiger partial charge in [0.05, 0.1) is 10.8 Å². The topological polar surface area (TPSA) is 6.48 Å². The van der Waals surface area contributed by atoms with Crippen molar-refractivity contribution in [1.82, 2.24) is 0 Å². The smallest absolute Gasteiger partial charge is 0.123 e. The zero-order valence-electron chi connectivity index (χ0n) is 51.8. The Morgan fingerprint density at radius 1 is 0.274 bits per heavy atom. The minimum Gasteiger partial charge on any atom is -0.310 e. The van der Waals surface area contributed by atoms with Crippen LogP contribution >= 0.6 is 11.3 Å². The van der Waals surface area contributed by atoms with E-state index in [1.54, 1.807) is 35.6 Å². The van der Waals surface area contributed by atoms with Crippen LogP contribution in [0.2, 0.25) is 0 Å². The average molecular weight is 1240 g/mol. The van der Waals surface area contributed by atoms with Crippen LogP contribution in [0.5, 0.6) is 0 Å². The van der Waals surface area contributed by atoms with Gasteiger partial charge in [-0.3, -0.25) is 0 Å². The second-order valence-electron chi connectivity index (χ2n) is 24.7. The Bertz CT molecular complexity index is 5110.